The Hall–Kier alpha value is -2.61. The molecule has 7 nitrogen and oxygen atoms in total. The third-order valence-corrected chi connectivity index (χ3v) is 4.31. The van der Waals surface area contributed by atoms with Gasteiger partial charge >= 0.3 is 0 Å². The van der Waals surface area contributed by atoms with Gasteiger partial charge in [0.25, 0.3) is 0 Å². The quantitative estimate of drug-likeness (QED) is 0.639. The van der Waals surface area contributed by atoms with Gasteiger partial charge in [0.15, 0.2) is 0 Å². The Kier molecular flexibility index (Phi) is 4.95. The van der Waals surface area contributed by atoms with Gasteiger partial charge in [0.05, 0.1) is 24.2 Å². The van der Waals surface area contributed by atoms with E-state index in [1.165, 1.54) is 11.8 Å². The molecule has 1 amide bonds. The number of carbonyl (C=O) groups is 1. The average Bonchev–Trinajstić information content (AvgIpc) is 3.23. The van der Waals surface area contributed by atoms with E-state index in [0.717, 1.165) is 17.0 Å². The van der Waals surface area contributed by atoms with Crippen molar-refractivity contribution in [3.05, 3.63) is 54.0 Å². The zero-order valence-corrected chi connectivity index (χ0v) is 14.2. The van der Waals surface area contributed by atoms with Crippen molar-refractivity contribution in [2.24, 2.45) is 0 Å². The number of rotatable bonds is 6. The van der Waals surface area contributed by atoms with Crippen molar-refractivity contribution in [1.82, 2.24) is 25.1 Å². The van der Waals surface area contributed by atoms with Crippen LogP contribution in [0, 0.1) is 6.92 Å². The van der Waals surface area contributed by atoms with Crippen LogP contribution in [0.4, 0.5) is 0 Å². The number of benzene rings is 1. The number of furan rings is 1. The maximum absolute atomic E-state index is 12.3. The molecule has 0 unspecified atom stereocenters. The molecule has 3 rings (SSSR count). The van der Waals surface area contributed by atoms with Gasteiger partial charge in [-0.25, -0.2) is 0 Å². The summed E-state index contributed by atoms with van der Waals surface area (Å²) in [5, 5.41) is 12.3. The Labute approximate surface area is 143 Å². The molecule has 24 heavy (non-hydrogen) atoms. The summed E-state index contributed by atoms with van der Waals surface area (Å²) in [5.74, 6) is 0.985. The second-order valence-corrected chi connectivity index (χ2v) is 6.27. The third kappa shape index (κ3) is 3.83. The summed E-state index contributed by atoms with van der Waals surface area (Å²) in [7, 11) is 1.74. The highest BCUT2D eigenvalue weighted by molar-refractivity contribution is 7.99. The van der Waals surface area contributed by atoms with Crippen LogP contribution in [-0.4, -0.2) is 43.8 Å². The zero-order chi connectivity index (χ0) is 16.9. The first-order valence-corrected chi connectivity index (χ1v) is 8.36. The van der Waals surface area contributed by atoms with Crippen LogP contribution in [0.25, 0.3) is 5.69 Å². The minimum atomic E-state index is -0.0183. The first kappa shape index (κ1) is 16.3. The second kappa shape index (κ2) is 7.31. The molecule has 0 atom stereocenters. The van der Waals surface area contributed by atoms with E-state index < -0.39 is 0 Å². The van der Waals surface area contributed by atoms with Crippen LogP contribution in [-0.2, 0) is 11.3 Å². The molecular weight excluding hydrogens is 326 g/mol. The summed E-state index contributed by atoms with van der Waals surface area (Å²) in [6, 6.07) is 11.5. The molecule has 0 aliphatic rings. The van der Waals surface area contributed by atoms with Crippen LogP contribution in [0.5, 0.6) is 0 Å². The van der Waals surface area contributed by atoms with E-state index in [9.17, 15) is 4.79 Å². The summed E-state index contributed by atoms with van der Waals surface area (Å²) in [5.41, 5.74) is 1.99. The molecule has 0 aliphatic carbocycles. The lowest BCUT2D eigenvalue weighted by Crippen LogP contribution is -2.27. The van der Waals surface area contributed by atoms with E-state index in [4.69, 9.17) is 4.42 Å². The molecule has 8 heteroatoms. The van der Waals surface area contributed by atoms with Gasteiger partial charge in [-0.1, -0.05) is 23.9 Å². The maximum Gasteiger partial charge on any atom is 0.233 e. The lowest BCUT2D eigenvalue weighted by molar-refractivity contribution is -0.127. The molecule has 1 aromatic carbocycles. The zero-order valence-electron chi connectivity index (χ0n) is 13.4. The molecule has 0 radical (unpaired) electrons. The number of carbonyl (C=O) groups excluding carboxylic acids is 1. The molecule has 3 aromatic rings. The monoisotopic (exact) mass is 343 g/mol. The predicted molar refractivity (Wildman–Crippen MR) is 89.8 cm³/mol. The van der Waals surface area contributed by atoms with Gasteiger partial charge < -0.3 is 9.32 Å². The molecule has 124 valence electrons. The number of thioether (sulfide) groups is 1. The largest absolute Gasteiger partial charge is 0.467 e. The Morgan fingerprint density at radius 2 is 2.21 bits per heavy atom. The van der Waals surface area contributed by atoms with Gasteiger partial charge in [-0.05, 0) is 47.2 Å². The first-order valence-electron chi connectivity index (χ1n) is 7.38. The van der Waals surface area contributed by atoms with Gasteiger partial charge in [0.1, 0.15) is 5.76 Å². The highest BCUT2D eigenvalue weighted by Gasteiger charge is 2.15. The molecule has 2 aromatic heterocycles. The van der Waals surface area contributed by atoms with E-state index in [-0.39, 0.29) is 11.7 Å². The minimum absolute atomic E-state index is 0.0183. The van der Waals surface area contributed by atoms with Crippen LogP contribution in [0.15, 0.2) is 52.2 Å². The number of amides is 1. The average molecular weight is 343 g/mol. The van der Waals surface area contributed by atoms with Gasteiger partial charge in [0.2, 0.25) is 11.1 Å². The Morgan fingerprint density at radius 1 is 1.33 bits per heavy atom. The van der Waals surface area contributed by atoms with Crippen molar-refractivity contribution >= 4 is 17.7 Å². The third-order valence-electron chi connectivity index (χ3n) is 3.41. The maximum atomic E-state index is 12.3. The lowest BCUT2D eigenvalue weighted by atomic mass is 10.2. The van der Waals surface area contributed by atoms with Gasteiger partial charge in [-0.15, -0.1) is 5.10 Å². The van der Waals surface area contributed by atoms with E-state index >= 15 is 0 Å². The topological polar surface area (TPSA) is 77.1 Å². The second-order valence-electron chi connectivity index (χ2n) is 5.33. The fourth-order valence-electron chi connectivity index (χ4n) is 2.15. The van der Waals surface area contributed by atoms with Crippen LogP contribution in [0.3, 0.4) is 0 Å². The summed E-state index contributed by atoms with van der Waals surface area (Å²) in [6.45, 7) is 2.45. The molecule has 0 bridgehead atoms. The Balaban J connectivity index is 1.63. The first-order chi connectivity index (χ1) is 11.6. The molecule has 0 N–H and O–H groups in total. The van der Waals surface area contributed by atoms with Crippen molar-refractivity contribution in [3.63, 3.8) is 0 Å². The van der Waals surface area contributed by atoms with Crippen molar-refractivity contribution in [2.45, 2.75) is 18.6 Å². The van der Waals surface area contributed by atoms with Crippen molar-refractivity contribution < 1.29 is 9.21 Å². The van der Waals surface area contributed by atoms with Crippen LogP contribution >= 0.6 is 11.8 Å². The molecule has 2 heterocycles. The van der Waals surface area contributed by atoms with Crippen molar-refractivity contribution in [1.29, 1.82) is 0 Å². The van der Waals surface area contributed by atoms with E-state index in [0.29, 0.717) is 11.7 Å². The van der Waals surface area contributed by atoms with Crippen molar-refractivity contribution in [3.8, 4) is 5.69 Å². The number of hydrogen-bond donors (Lipinski definition) is 0. The highest BCUT2D eigenvalue weighted by Crippen LogP contribution is 2.19. The fourth-order valence-corrected chi connectivity index (χ4v) is 2.98. The number of aryl methyl sites for hydroxylation is 1. The molecule has 0 aliphatic heterocycles. The number of aromatic nitrogens is 4. The predicted octanol–water partition coefficient (Wildman–Crippen LogP) is 2.31. The van der Waals surface area contributed by atoms with Crippen molar-refractivity contribution in [2.75, 3.05) is 12.8 Å². The van der Waals surface area contributed by atoms with Gasteiger partial charge in [-0.3, -0.25) is 4.79 Å². The molecule has 0 spiro atoms. The number of tetrazole rings is 1. The van der Waals surface area contributed by atoms with Crippen LogP contribution < -0.4 is 0 Å². The smallest absolute Gasteiger partial charge is 0.233 e. The fraction of sp³-hybridized carbons (Fsp3) is 0.250. The summed E-state index contributed by atoms with van der Waals surface area (Å²) < 4.78 is 6.89. The SMILES string of the molecule is Cc1cccc(-n2nnnc2SCC(=O)N(C)Cc2ccco2)c1. The van der Waals surface area contributed by atoms with E-state index in [1.54, 1.807) is 29.0 Å². The molecule has 0 saturated carbocycles. The number of nitrogens with zero attached hydrogens (tertiary/aromatic N) is 5. The molecular formula is C16H17N5O2S. The molecule has 0 fully saturated rings. The van der Waals surface area contributed by atoms with Crippen LogP contribution in [0.1, 0.15) is 11.3 Å². The van der Waals surface area contributed by atoms with E-state index in [1.807, 2.05) is 37.3 Å². The molecule has 0 saturated heterocycles. The van der Waals surface area contributed by atoms with E-state index in [2.05, 4.69) is 15.5 Å². The highest BCUT2D eigenvalue weighted by atomic mass is 32.2. The van der Waals surface area contributed by atoms with Gasteiger partial charge in [0, 0.05) is 7.05 Å². The lowest BCUT2D eigenvalue weighted by Gasteiger charge is -2.15. The summed E-state index contributed by atoms with van der Waals surface area (Å²) in [4.78, 5) is 13.9. The standard InChI is InChI=1S/C16H17N5O2S/c1-12-5-3-6-13(9-12)21-16(17-18-19-21)24-11-15(22)20(2)10-14-7-4-8-23-14/h3-9H,10-11H2,1-2H3. The minimum Gasteiger partial charge on any atom is -0.467 e. The Morgan fingerprint density at radius 3 is 2.96 bits per heavy atom. The Bertz CT molecular complexity index is 816. The summed E-state index contributed by atoms with van der Waals surface area (Å²) in [6.07, 6.45) is 1.60. The summed E-state index contributed by atoms with van der Waals surface area (Å²) >= 11 is 1.31. The van der Waals surface area contributed by atoms with Crippen LogP contribution in [0.2, 0.25) is 0 Å². The van der Waals surface area contributed by atoms with Gasteiger partial charge in [-0.2, -0.15) is 4.68 Å². The normalized spacial score (nSPS) is 10.8. The number of hydrogen-bond acceptors (Lipinski definition) is 6.